The number of rotatable bonds is 5. The van der Waals surface area contributed by atoms with Crippen LogP contribution in [0, 0.1) is 5.92 Å². The lowest BCUT2D eigenvalue weighted by Crippen LogP contribution is -2.32. The fourth-order valence-electron chi connectivity index (χ4n) is 3.94. The minimum absolute atomic E-state index is 0.0833. The Bertz CT molecular complexity index is 815. The molecule has 5 nitrogen and oxygen atoms in total. The van der Waals surface area contributed by atoms with E-state index in [1.165, 1.54) is 25.7 Å². The smallest absolute Gasteiger partial charge is 0.260 e. The largest absolute Gasteiger partial charge is 0.493 e. The summed E-state index contributed by atoms with van der Waals surface area (Å²) in [5.74, 6) is 1.85. The van der Waals surface area contributed by atoms with Crippen LogP contribution in [0.1, 0.15) is 47.8 Å². The molecule has 0 saturated heterocycles. The minimum Gasteiger partial charge on any atom is -0.493 e. The van der Waals surface area contributed by atoms with Crippen LogP contribution in [0.25, 0.3) is 0 Å². The third kappa shape index (κ3) is 2.92. The number of benzene rings is 2. The molecule has 26 heavy (non-hydrogen) atoms. The highest BCUT2D eigenvalue weighted by molar-refractivity contribution is 6.11. The van der Waals surface area contributed by atoms with Crippen LogP contribution < -0.4 is 20.1 Å². The maximum atomic E-state index is 12.8. The van der Waals surface area contributed by atoms with Gasteiger partial charge in [-0.1, -0.05) is 31.0 Å². The Labute approximate surface area is 153 Å². The molecule has 5 heteroatoms. The van der Waals surface area contributed by atoms with E-state index in [9.17, 15) is 4.79 Å². The molecule has 1 aliphatic carbocycles. The molecular formula is C21H24N2O3. The molecule has 2 aromatic rings. The van der Waals surface area contributed by atoms with Gasteiger partial charge in [0.2, 0.25) is 0 Å². The van der Waals surface area contributed by atoms with Crippen molar-refractivity contribution in [2.75, 3.05) is 18.6 Å². The van der Waals surface area contributed by atoms with Crippen molar-refractivity contribution in [3.05, 3.63) is 53.6 Å². The summed E-state index contributed by atoms with van der Waals surface area (Å²) in [5, 5.41) is 0. The van der Waals surface area contributed by atoms with Crippen LogP contribution in [-0.4, -0.2) is 19.6 Å². The van der Waals surface area contributed by atoms with Gasteiger partial charge in [-0.05, 0) is 37.0 Å². The standard InChI is InChI=1S/C21H24N2O3/c1-25-18-11-10-15(12-19(18)26-13-14-6-2-3-7-14)23-20(22)16-8-4-5-9-17(16)21(23)24/h4-5,8-12,14,20H,2-3,6-7,13,22H2,1H3. The predicted octanol–water partition coefficient (Wildman–Crippen LogP) is 3.88. The molecule has 1 amide bonds. The molecule has 1 saturated carbocycles. The maximum Gasteiger partial charge on any atom is 0.260 e. The molecule has 0 aromatic heterocycles. The summed E-state index contributed by atoms with van der Waals surface area (Å²) in [7, 11) is 1.63. The molecule has 2 aromatic carbocycles. The second-order valence-electron chi connectivity index (χ2n) is 7.00. The average molecular weight is 352 g/mol. The zero-order chi connectivity index (χ0) is 18.1. The molecule has 2 N–H and O–H groups in total. The number of nitrogens with two attached hydrogens (primary N) is 1. The Morgan fingerprint density at radius 3 is 2.62 bits per heavy atom. The molecule has 136 valence electrons. The first kappa shape index (κ1) is 16.9. The summed E-state index contributed by atoms with van der Waals surface area (Å²) in [6, 6.07) is 13.0. The number of carbonyl (C=O) groups is 1. The SMILES string of the molecule is COc1ccc(N2C(=O)c3ccccc3C2N)cc1OCC1CCCC1. The Morgan fingerprint density at radius 2 is 1.88 bits per heavy atom. The number of hydrogen-bond donors (Lipinski definition) is 1. The molecule has 1 heterocycles. The second kappa shape index (κ2) is 7.00. The summed E-state index contributed by atoms with van der Waals surface area (Å²) in [4.78, 5) is 14.4. The van der Waals surface area contributed by atoms with Gasteiger partial charge in [-0.25, -0.2) is 0 Å². The lowest BCUT2D eigenvalue weighted by atomic mass is 10.1. The number of anilines is 1. The highest BCUT2D eigenvalue weighted by atomic mass is 16.5. The van der Waals surface area contributed by atoms with Crippen molar-refractivity contribution in [3.8, 4) is 11.5 Å². The topological polar surface area (TPSA) is 64.8 Å². The number of hydrogen-bond acceptors (Lipinski definition) is 4. The maximum absolute atomic E-state index is 12.8. The zero-order valence-corrected chi connectivity index (χ0v) is 15.0. The summed E-state index contributed by atoms with van der Waals surface area (Å²) >= 11 is 0. The second-order valence-corrected chi connectivity index (χ2v) is 7.00. The zero-order valence-electron chi connectivity index (χ0n) is 15.0. The van der Waals surface area contributed by atoms with E-state index in [2.05, 4.69) is 0 Å². The lowest BCUT2D eigenvalue weighted by Gasteiger charge is -2.23. The van der Waals surface area contributed by atoms with Gasteiger partial charge >= 0.3 is 0 Å². The van der Waals surface area contributed by atoms with Gasteiger partial charge in [0.15, 0.2) is 11.5 Å². The quantitative estimate of drug-likeness (QED) is 0.887. The molecule has 1 atom stereocenters. The van der Waals surface area contributed by atoms with Crippen LogP contribution >= 0.6 is 0 Å². The van der Waals surface area contributed by atoms with Crippen molar-refractivity contribution in [2.24, 2.45) is 11.7 Å². The Morgan fingerprint density at radius 1 is 1.12 bits per heavy atom. The number of ether oxygens (including phenoxy) is 2. The van der Waals surface area contributed by atoms with Gasteiger partial charge in [0.1, 0.15) is 6.17 Å². The summed E-state index contributed by atoms with van der Waals surface area (Å²) < 4.78 is 11.5. The van der Waals surface area contributed by atoms with Crippen molar-refractivity contribution in [1.82, 2.24) is 0 Å². The summed E-state index contributed by atoms with van der Waals surface area (Å²) in [6.07, 6.45) is 4.50. The van der Waals surface area contributed by atoms with E-state index < -0.39 is 6.17 Å². The summed E-state index contributed by atoms with van der Waals surface area (Å²) in [5.41, 5.74) is 8.57. The molecule has 1 unspecified atom stereocenters. The third-order valence-electron chi connectivity index (χ3n) is 5.38. The van der Waals surface area contributed by atoms with Crippen molar-refractivity contribution in [2.45, 2.75) is 31.8 Å². The molecular weight excluding hydrogens is 328 g/mol. The number of carbonyl (C=O) groups excluding carboxylic acids is 1. The molecule has 0 spiro atoms. The fraction of sp³-hybridized carbons (Fsp3) is 0.381. The molecule has 2 aliphatic rings. The van der Waals surface area contributed by atoms with E-state index >= 15 is 0 Å². The highest BCUT2D eigenvalue weighted by Gasteiger charge is 2.35. The molecule has 1 fully saturated rings. The van der Waals surface area contributed by atoms with Crippen molar-refractivity contribution in [3.63, 3.8) is 0 Å². The van der Waals surface area contributed by atoms with Gasteiger partial charge in [0.25, 0.3) is 5.91 Å². The van der Waals surface area contributed by atoms with Crippen LogP contribution in [0.15, 0.2) is 42.5 Å². The summed E-state index contributed by atoms with van der Waals surface area (Å²) in [6.45, 7) is 0.681. The van der Waals surface area contributed by atoms with Crippen molar-refractivity contribution >= 4 is 11.6 Å². The predicted molar refractivity (Wildman–Crippen MR) is 101 cm³/mol. The number of fused-ring (bicyclic) bond motifs is 1. The van der Waals surface area contributed by atoms with Crippen LogP contribution in [0.3, 0.4) is 0 Å². The monoisotopic (exact) mass is 352 g/mol. The molecule has 0 bridgehead atoms. The van der Waals surface area contributed by atoms with E-state index in [4.69, 9.17) is 15.2 Å². The first-order valence-electron chi connectivity index (χ1n) is 9.18. The van der Waals surface area contributed by atoms with E-state index in [1.807, 2.05) is 42.5 Å². The lowest BCUT2D eigenvalue weighted by molar-refractivity contribution is 0.0991. The number of methoxy groups -OCH3 is 1. The normalized spacial score (nSPS) is 19.7. The average Bonchev–Trinajstić information content (AvgIpc) is 3.27. The van der Waals surface area contributed by atoms with Gasteiger partial charge in [-0.2, -0.15) is 0 Å². The first-order chi connectivity index (χ1) is 12.7. The molecule has 1 aliphatic heterocycles. The van der Waals surface area contributed by atoms with Crippen LogP contribution in [0.5, 0.6) is 11.5 Å². The van der Waals surface area contributed by atoms with Crippen LogP contribution in [-0.2, 0) is 0 Å². The van der Waals surface area contributed by atoms with Gasteiger partial charge in [-0.15, -0.1) is 0 Å². The number of nitrogens with zero attached hydrogens (tertiary/aromatic N) is 1. The first-order valence-corrected chi connectivity index (χ1v) is 9.18. The Balaban J connectivity index is 1.61. The van der Waals surface area contributed by atoms with Crippen molar-refractivity contribution in [1.29, 1.82) is 0 Å². The van der Waals surface area contributed by atoms with Gasteiger partial charge in [-0.3, -0.25) is 9.69 Å². The van der Waals surface area contributed by atoms with E-state index in [-0.39, 0.29) is 5.91 Å². The van der Waals surface area contributed by atoms with E-state index in [0.29, 0.717) is 29.6 Å². The molecule has 4 rings (SSSR count). The fourth-order valence-corrected chi connectivity index (χ4v) is 3.94. The van der Waals surface area contributed by atoms with Crippen molar-refractivity contribution < 1.29 is 14.3 Å². The van der Waals surface area contributed by atoms with Gasteiger partial charge in [0, 0.05) is 22.9 Å². The highest BCUT2D eigenvalue weighted by Crippen LogP contribution is 2.39. The molecule has 0 radical (unpaired) electrons. The Hall–Kier alpha value is -2.53. The van der Waals surface area contributed by atoms with Crippen LogP contribution in [0.4, 0.5) is 5.69 Å². The van der Waals surface area contributed by atoms with Gasteiger partial charge < -0.3 is 15.2 Å². The Kier molecular flexibility index (Phi) is 4.55. The number of amides is 1. The third-order valence-corrected chi connectivity index (χ3v) is 5.38. The van der Waals surface area contributed by atoms with Crippen LogP contribution in [0.2, 0.25) is 0 Å². The van der Waals surface area contributed by atoms with E-state index in [1.54, 1.807) is 12.0 Å². The minimum atomic E-state index is -0.491. The van der Waals surface area contributed by atoms with E-state index in [0.717, 1.165) is 11.3 Å². The van der Waals surface area contributed by atoms with Gasteiger partial charge in [0.05, 0.1) is 13.7 Å².